The quantitative estimate of drug-likeness (QED) is 0.769. The van der Waals surface area contributed by atoms with Gasteiger partial charge in [0.05, 0.1) is 19.6 Å². The van der Waals surface area contributed by atoms with E-state index in [9.17, 15) is 4.79 Å². The van der Waals surface area contributed by atoms with Gasteiger partial charge in [-0.05, 0) is 42.9 Å². The van der Waals surface area contributed by atoms with Gasteiger partial charge in [-0.1, -0.05) is 19.1 Å². The van der Waals surface area contributed by atoms with Crippen LogP contribution < -0.4 is 4.74 Å². The summed E-state index contributed by atoms with van der Waals surface area (Å²) in [5.41, 5.74) is 2.45. The summed E-state index contributed by atoms with van der Waals surface area (Å²) < 4.78 is 10.4. The van der Waals surface area contributed by atoms with Gasteiger partial charge in [0.1, 0.15) is 5.75 Å². The number of hydrogen-bond acceptors (Lipinski definition) is 3. The first-order chi connectivity index (χ1) is 8.74. The molecule has 98 valence electrons. The lowest BCUT2D eigenvalue weighted by Gasteiger charge is -2.19. The molecule has 0 saturated heterocycles. The number of rotatable bonds is 4. The van der Waals surface area contributed by atoms with Gasteiger partial charge in [0.2, 0.25) is 0 Å². The van der Waals surface area contributed by atoms with Crippen LogP contribution in [0.4, 0.5) is 0 Å². The lowest BCUT2D eigenvalue weighted by molar-refractivity contribution is -0.145. The van der Waals surface area contributed by atoms with Crippen LogP contribution in [0.5, 0.6) is 5.75 Å². The second-order valence-corrected chi connectivity index (χ2v) is 4.73. The summed E-state index contributed by atoms with van der Waals surface area (Å²) in [4.78, 5) is 11.6. The number of aryl methyl sites for hydroxylation is 1. The number of benzene rings is 1. The minimum absolute atomic E-state index is 0.0439. The predicted octanol–water partition coefficient (Wildman–Crippen LogP) is 2.75. The molecule has 1 aromatic carbocycles. The van der Waals surface area contributed by atoms with Crippen LogP contribution in [0.3, 0.4) is 0 Å². The first kappa shape index (κ1) is 12.9. The van der Waals surface area contributed by atoms with Crippen molar-refractivity contribution in [2.24, 2.45) is 5.92 Å². The van der Waals surface area contributed by atoms with Gasteiger partial charge in [0, 0.05) is 0 Å². The van der Waals surface area contributed by atoms with E-state index in [4.69, 9.17) is 9.47 Å². The fourth-order valence-corrected chi connectivity index (χ4v) is 2.39. The summed E-state index contributed by atoms with van der Waals surface area (Å²) in [5.74, 6) is 0.833. The van der Waals surface area contributed by atoms with Crippen LogP contribution >= 0.6 is 0 Å². The van der Waals surface area contributed by atoms with Crippen molar-refractivity contribution in [3.05, 3.63) is 29.3 Å². The Kier molecular flexibility index (Phi) is 4.24. The fraction of sp³-hybridized carbons (Fsp3) is 0.533. The van der Waals surface area contributed by atoms with E-state index in [-0.39, 0.29) is 11.9 Å². The van der Waals surface area contributed by atoms with E-state index < -0.39 is 0 Å². The Bertz CT molecular complexity index is 426. The molecule has 3 nitrogen and oxygen atoms in total. The van der Waals surface area contributed by atoms with Gasteiger partial charge in [-0.25, -0.2) is 0 Å². The molecule has 18 heavy (non-hydrogen) atoms. The summed E-state index contributed by atoms with van der Waals surface area (Å²) in [6.45, 7) is 2.83. The third kappa shape index (κ3) is 2.84. The number of carbonyl (C=O) groups is 1. The molecule has 0 bridgehead atoms. The Morgan fingerprint density at radius 1 is 1.50 bits per heavy atom. The highest BCUT2D eigenvalue weighted by molar-refractivity contribution is 5.72. The molecule has 2 rings (SSSR count). The number of fused-ring (bicyclic) bond motifs is 1. The van der Waals surface area contributed by atoms with E-state index in [1.54, 1.807) is 0 Å². The molecule has 0 saturated carbocycles. The molecular weight excluding hydrogens is 228 g/mol. The Morgan fingerprint density at radius 2 is 2.33 bits per heavy atom. The smallest absolute Gasteiger partial charge is 0.308 e. The Labute approximate surface area is 108 Å². The highest BCUT2D eigenvalue weighted by atomic mass is 16.5. The first-order valence-electron chi connectivity index (χ1n) is 6.57. The van der Waals surface area contributed by atoms with Gasteiger partial charge in [-0.3, -0.25) is 4.79 Å². The van der Waals surface area contributed by atoms with Crippen LogP contribution in [-0.2, 0) is 22.4 Å². The second kappa shape index (κ2) is 5.89. The summed E-state index contributed by atoms with van der Waals surface area (Å²) in [6, 6.07) is 6.24. The molecule has 0 N–H and O–H groups in total. The van der Waals surface area contributed by atoms with Crippen molar-refractivity contribution in [2.75, 3.05) is 13.7 Å². The van der Waals surface area contributed by atoms with E-state index in [2.05, 4.69) is 12.1 Å². The van der Waals surface area contributed by atoms with Gasteiger partial charge in [0.25, 0.3) is 0 Å². The third-order valence-corrected chi connectivity index (χ3v) is 3.48. The molecule has 1 aliphatic rings. The van der Waals surface area contributed by atoms with E-state index in [1.165, 1.54) is 18.2 Å². The van der Waals surface area contributed by atoms with Crippen molar-refractivity contribution in [1.29, 1.82) is 0 Å². The van der Waals surface area contributed by atoms with Crippen molar-refractivity contribution in [1.82, 2.24) is 0 Å². The van der Waals surface area contributed by atoms with E-state index in [0.29, 0.717) is 0 Å². The molecule has 0 spiro atoms. The molecule has 0 aliphatic carbocycles. The fourth-order valence-electron chi connectivity index (χ4n) is 2.39. The standard InChI is InChI=1S/C15H20O3/c1-3-12(15(16)17-2)9-11-6-7-14-13(10-11)5-4-8-18-14/h6-7,10,12H,3-5,8-9H2,1-2H3. The third-order valence-electron chi connectivity index (χ3n) is 3.48. The van der Waals surface area contributed by atoms with E-state index >= 15 is 0 Å². The van der Waals surface area contributed by atoms with Gasteiger partial charge in [-0.15, -0.1) is 0 Å². The monoisotopic (exact) mass is 248 g/mol. The normalized spacial score (nSPS) is 15.4. The molecule has 1 atom stereocenters. The zero-order valence-electron chi connectivity index (χ0n) is 11.1. The molecular formula is C15H20O3. The second-order valence-electron chi connectivity index (χ2n) is 4.73. The van der Waals surface area contributed by atoms with E-state index in [1.807, 2.05) is 13.0 Å². The van der Waals surface area contributed by atoms with Crippen LogP contribution in [0.1, 0.15) is 30.9 Å². The number of methoxy groups -OCH3 is 1. The Balaban J connectivity index is 2.11. The zero-order valence-corrected chi connectivity index (χ0v) is 11.1. The zero-order chi connectivity index (χ0) is 13.0. The molecule has 1 heterocycles. The summed E-state index contributed by atoms with van der Waals surface area (Å²) in [7, 11) is 1.45. The highest BCUT2D eigenvalue weighted by Crippen LogP contribution is 2.27. The molecule has 0 fully saturated rings. The van der Waals surface area contributed by atoms with Gasteiger partial charge < -0.3 is 9.47 Å². The minimum atomic E-state index is -0.119. The Morgan fingerprint density at radius 3 is 3.06 bits per heavy atom. The van der Waals surface area contributed by atoms with Crippen molar-refractivity contribution in [3.63, 3.8) is 0 Å². The average Bonchev–Trinajstić information content (AvgIpc) is 2.43. The van der Waals surface area contributed by atoms with Gasteiger partial charge in [0.15, 0.2) is 0 Å². The average molecular weight is 248 g/mol. The van der Waals surface area contributed by atoms with Crippen molar-refractivity contribution in [2.45, 2.75) is 32.6 Å². The van der Waals surface area contributed by atoms with Crippen LogP contribution in [0, 0.1) is 5.92 Å². The molecule has 0 amide bonds. The summed E-state index contributed by atoms with van der Waals surface area (Å²) >= 11 is 0. The lowest BCUT2D eigenvalue weighted by atomic mass is 9.94. The number of carbonyl (C=O) groups excluding carboxylic acids is 1. The highest BCUT2D eigenvalue weighted by Gasteiger charge is 2.18. The van der Waals surface area contributed by atoms with Crippen LogP contribution in [0.15, 0.2) is 18.2 Å². The topological polar surface area (TPSA) is 35.5 Å². The largest absolute Gasteiger partial charge is 0.493 e. The Hall–Kier alpha value is -1.51. The number of esters is 1. The van der Waals surface area contributed by atoms with E-state index in [0.717, 1.165) is 38.0 Å². The van der Waals surface area contributed by atoms with Crippen LogP contribution in [0.2, 0.25) is 0 Å². The maximum absolute atomic E-state index is 11.6. The maximum Gasteiger partial charge on any atom is 0.308 e. The lowest BCUT2D eigenvalue weighted by Crippen LogP contribution is -2.18. The van der Waals surface area contributed by atoms with Gasteiger partial charge in [-0.2, -0.15) is 0 Å². The molecule has 0 aromatic heterocycles. The van der Waals surface area contributed by atoms with Crippen LogP contribution in [0.25, 0.3) is 0 Å². The van der Waals surface area contributed by atoms with Gasteiger partial charge >= 0.3 is 5.97 Å². The molecule has 1 unspecified atom stereocenters. The summed E-state index contributed by atoms with van der Waals surface area (Å²) in [5, 5.41) is 0. The SMILES string of the molecule is CCC(Cc1ccc2c(c1)CCCO2)C(=O)OC. The minimum Gasteiger partial charge on any atom is -0.493 e. The number of ether oxygens (including phenoxy) is 2. The van der Waals surface area contributed by atoms with Crippen LogP contribution in [-0.4, -0.2) is 19.7 Å². The molecule has 3 heteroatoms. The maximum atomic E-state index is 11.6. The van der Waals surface area contributed by atoms with Crippen molar-refractivity contribution in [3.8, 4) is 5.75 Å². The first-order valence-corrected chi connectivity index (χ1v) is 6.57. The molecule has 0 radical (unpaired) electrons. The summed E-state index contributed by atoms with van der Waals surface area (Å²) in [6.07, 6.45) is 3.69. The molecule has 1 aliphatic heterocycles. The van der Waals surface area contributed by atoms with Crippen molar-refractivity contribution < 1.29 is 14.3 Å². The predicted molar refractivity (Wildman–Crippen MR) is 69.8 cm³/mol. The number of hydrogen-bond donors (Lipinski definition) is 0. The van der Waals surface area contributed by atoms with Crippen molar-refractivity contribution >= 4 is 5.97 Å². The molecule has 1 aromatic rings.